The monoisotopic (exact) mass is 276 g/mol. The predicted molar refractivity (Wildman–Crippen MR) is 64.4 cm³/mol. The number of aromatic nitrogens is 1. The number of aromatic carboxylic acids is 1. The molecule has 0 unspecified atom stereocenters. The zero-order chi connectivity index (χ0) is 14.5. The van der Waals surface area contributed by atoms with Crippen molar-refractivity contribution in [3.63, 3.8) is 0 Å². The summed E-state index contributed by atoms with van der Waals surface area (Å²) in [6.07, 6.45) is -4.58. The lowest BCUT2D eigenvalue weighted by molar-refractivity contribution is -0.134. The number of anilines is 1. The van der Waals surface area contributed by atoms with Crippen LogP contribution < -0.4 is 5.32 Å². The van der Waals surface area contributed by atoms with E-state index in [1.807, 2.05) is 6.92 Å². The number of alkyl halides is 3. The Morgan fingerprint density at radius 2 is 2.11 bits per heavy atom. The van der Waals surface area contributed by atoms with E-state index in [-0.39, 0.29) is 18.5 Å². The minimum Gasteiger partial charge on any atom is -0.478 e. The van der Waals surface area contributed by atoms with Gasteiger partial charge in [0.25, 0.3) is 0 Å². The molecule has 0 bridgehead atoms. The number of aryl methyl sites for hydroxylation is 1. The Labute approximate surface area is 108 Å². The van der Waals surface area contributed by atoms with Crippen molar-refractivity contribution in [1.29, 1.82) is 0 Å². The molecule has 1 aromatic rings. The van der Waals surface area contributed by atoms with Gasteiger partial charge in [-0.05, 0) is 25.0 Å². The van der Waals surface area contributed by atoms with Crippen LogP contribution in [0.3, 0.4) is 0 Å². The summed E-state index contributed by atoms with van der Waals surface area (Å²) in [5.74, 6) is -0.797. The first kappa shape index (κ1) is 15.3. The minimum absolute atomic E-state index is 0.0742. The van der Waals surface area contributed by atoms with E-state index in [1.54, 1.807) is 0 Å². The van der Waals surface area contributed by atoms with Gasteiger partial charge in [-0.15, -0.1) is 0 Å². The lowest BCUT2D eigenvalue weighted by Gasteiger charge is -2.09. The predicted octanol–water partition coefficient (Wildman–Crippen LogP) is 3.10. The van der Waals surface area contributed by atoms with Gasteiger partial charge in [0.05, 0.1) is 5.56 Å². The molecule has 1 heterocycles. The molecule has 0 aromatic carbocycles. The van der Waals surface area contributed by atoms with Crippen molar-refractivity contribution in [1.82, 2.24) is 4.98 Å². The highest BCUT2D eigenvalue weighted by molar-refractivity contribution is 5.88. The summed E-state index contributed by atoms with van der Waals surface area (Å²) in [6, 6.07) is 2.76. The van der Waals surface area contributed by atoms with Crippen molar-refractivity contribution in [3.05, 3.63) is 23.4 Å². The van der Waals surface area contributed by atoms with Crippen LogP contribution in [0, 0.1) is 0 Å². The third kappa shape index (κ3) is 5.58. The summed E-state index contributed by atoms with van der Waals surface area (Å²) >= 11 is 0. The van der Waals surface area contributed by atoms with E-state index in [1.165, 1.54) is 12.1 Å². The molecule has 19 heavy (non-hydrogen) atoms. The molecule has 0 fully saturated rings. The topological polar surface area (TPSA) is 62.2 Å². The second kappa shape index (κ2) is 6.40. The third-order valence-corrected chi connectivity index (χ3v) is 2.43. The van der Waals surface area contributed by atoms with Gasteiger partial charge >= 0.3 is 12.1 Å². The first-order valence-corrected chi connectivity index (χ1v) is 5.86. The maximum absolute atomic E-state index is 11.9. The summed E-state index contributed by atoms with van der Waals surface area (Å²) < 4.78 is 35.8. The highest BCUT2D eigenvalue weighted by atomic mass is 19.4. The molecule has 0 spiro atoms. The smallest absolute Gasteiger partial charge is 0.389 e. The number of carboxylic acid groups (broad SMARTS) is 1. The van der Waals surface area contributed by atoms with E-state index in [2.05, 4.69) is 10.3 Å². The SMILES string of the molecule is CCc1cc(C(=O)O)cc(NCCCC(F)(F)F)n1. The van der Waals surface area contributed by atoms with E-state index < -0.39 is 18.6 Å². The zero-order valence-corrected chi connectivity index (χ0v) is 10.4. The molecule has 2 N–H and O–H groups in total. The highest BCUT2D eigenvalue weighted by Crippen LogP contribution is 2.21. The molecular weight excluding hydrogens is 261 g/mol. The maximum atomic E-state index is 11.9. The molecule has 0 saturated heterocycles. The summed E-state index contributed by atoms with van der Waals surface area (Å²) in [7, 11) is 0. The van der Waals surface area contributed by atoms with E-state index in [0.29, 0.717) is 17.9 Å². The van der Waals surface area contributed by atoms with Crippen LogP contribution in [0.2, 0.25) is 0 Å². The molecule has 0 aliphatic heterocycles. The number of carboxylic acids is 1. The average molecular weight is 276 g/mol. The van der Waals surface area contributed by atoms with Gasteiger partial charge in [-0.3, -0.25) is 0 Å². The molecule has 106 valence electrons. The van der Waals surface area contributed by atoms with Crippen molar-refractivity contribution in [2.45, 2.75) is 32.4 Å². The summed E-state index contributed by atoms with van der Waals surface area (Å²) in [4.78, 5) is 15.0. The number of hydrogen-bond donors (Lipinski definition) is 2. The number of rotatable bonds is 6. The van der Waals surface area contributed by atoms with Gasteiger partial charge in [-0.1, -0.05) is 6.92 Å². The molecule has 0 atom stereocenters. The van der Waals surface area contributed by atoms with E-state index >= 15 is 0 Å². The fourth-order valence-electron chi connectivity index (χ4n) is 1.49. The standard InChI is InChI=1S/C12H15F3N2O2/c1-2-9-6-8(11(18)19)7-10(17-9)16-5-3-4-12(13,14)15/h6-7H,2-5H2,1H3,(H,16,17)(H,18,19). The van der Waals surface area contributed by atoms with Crippen LogP contribution in [0.4, 0.5) is 19.0 Å². The van der Waals surface area contributed by atoms with Crippen LogP contribution in [0.1, 0.15) is 35.8 Å². The number of hydrogen-bond acceptors (Lipinski definition) is 3. The molecule has 7 heteroatoms. The molecule has 0 radical (unpaired) electrons. The molecule has 1 aromatic heterocycles. The number of pyridine rings is 1. The Balaban J connectivity index is 2.62. The van der Waals surface area contributed by atoms with Crippen molar-refractivity contribution < 1.29 is 23.1 Å². The molecule has 0 aliphatic carbocycles. The number of carbonyl (C=O) groups is 1. The van der Waals surface area contributed by atoms with Gasteiger partial charge < -0.3 is 10.4 Å². The average Bonchev–Trinajstić information content (AvgIpc) is 2.33. The van der Waals surface area contributed by atoms with Crippen LogP contribution in [0.5, 0.6) is 0 Å². The molecule has 0 amide bonds. The van der Waals surface area contributed by atoms with E-state index in [9.17, 15) is 18.0 Å². The highest BCUT2D eigenvalue weighted by Gasteiger charge is 2.25. The van der Waals surface area contributed by atoms with Crippen molar-refractivity contribution >= 4 is 11.8 Å². The Hall–Kier alpha value is -1.79. The second-order valence-electron chi connectivity index (χ2n) is 4.04. The zero-order valence-electron chi connectivity index (χ0n) is 10.4. The fraction of sp³-hybridized carbons (Fsp3) is 0.500. The first-order valence-electron chi connectivity index (χ1n) is 5.86. The van der Waals surface area contributed by atoms with Crippen molar-refractivity contribution in [2.75, 3.05) is 11.9 Å². The van der Waals surface area contributed by atoms with Gasteiger partial charge in [0.1, 0.15) is 5.82 Å². The lowest BCUT2D eigenvalue weighted by atomic mass is 10.2. The summed E-state index contributed by atoms with van der Waals surface area (Å²) in [5, 5.41) is 11.6. The summed E-state index contributed by atoms with van der Waals surface area (Å²) in [6.45, 7) is 1.92. The lowest BCUT2D eigenvalue weighted by Crippen LogP contribution is -2.12. The van der Waals surface area contributed by atoms with Crippen LogP contribution in [-0.2, 0) is 6.42 Å². The third-order valence-electron chi connectivity index (χ3n) is 2.43. The molecule has 0 aliphatic rings. The largest absolute Gasteiger partial charge is 0.478 e. The quantitative estimate of drug-likeness (QED) is 0.784. The Bertz CT molecular complexity index is 447. The van der Waals surface area contributed by atoms with Crippen LogP contribution >= 0.6 is 0 Å². The number of nitrogens with zero attached hydrogens (tertiary/aromatic N) is 1. The van der Waals surface area contributed by atoms with Crippen molar-refractivity contribution in [3.8, 4) is 0 Å². The van der Waals surface area contributed by atoms with Crippen LogP contribution in [-0.4, -0.2) is 28.8 Å². The normalized spacial score (nSPS) is 11.4. The number of nitrogens with one attached hydrogen (secondary N) is 1. The maximum Gasteiger partial charge on any atom is 0.389 e. The van der Waals surface area contributed by atoms with Gasteiger partial charge in [0.2, 0.25) is 0 Å². The number of halogens is 3. The van der Waals surface area contributed by atoms with Crippen molar-refractivity contribution in [2.24, 2.45) is 0 Å². The first-order chi connectivity index (χ1) is 8.81. The molecule has 4 nitrogen and oxygen atoms in total. The van der Waals surface area contributed by atoms with Crippen LogP contribution in [0.25, 0.3) is 0 Å². The van der Waals surface area contributed by atoms with Gasteiger partial charge in [-0.25, -0.2) is 9.78 Å². The van der Waals surface area contributed by atoms with Gasteiger partial charge in [0.15, 0.2) is 0 Å². The summed E-state index contributed by atoms with van der Waals surface area (Å²) in [5.41, 5.74) is 0.656. The molecule has 1 rings (SSSR count). The molecule has 0 saturated carbocycles. The minimum atomic E-state index is -4.17. The fourth-order valence-corrected chi connectivity index (χ4v) is 1.49. The van der Waals surface area contributed by atoms with Gasteiger partial charge in [0, 0.05) is 18.7 Å². The van der Waals surface area contributed by atoms with Crippen LogP contribution in [0.15, 0.2) is 12.1 Å². The second-order valence-corrected chi connectivity index (χ2v) is 4.04. The Morgan fingerprint density at radius 1 is 1.42 bits per heavy atom. The Morgan fingerprint density at radius 3 is 2.63 bits per heavy atom. The molecular formula is C12H15F3N2O2. The van der Waals surface area contributed by atoms with Gasteiger partial charge in [-0.2, -0.15) is 13.2 Å². The van der Waals surface area contributed by atoms with E-state index in [4.69, 9.17) is 5.11 Å². The van der Waals surface area contributed by atoms with E-state index in [0.717, 1.165) is 0 Å². The Kier molecular flexibility index (Phi) is 5.14.